The molecule has 0 amide bonds. The normalized spacial score (nSPS) is 13.2. The van der Waals surface area contributed by atoms with Crippen LogP contribution in [0.5, 0.6) is 0 Å². The van der Waals surface area contributed by atoms with Crippen molar-refractivity contribution >= 4 is 28.6 Å². The van der Waals surface area contributed by atoms with Gasteiger partial charge in [-0.05, 0) is 0 Å². The maximum absolute atomic E-state index is 12.0. The number of alkyl halides is 5. The molecule has 7 heteroatoms. The Labute approximate surface area is 72.7 Å². The van der Waals surface area contributed by atoms with Gasteiger partial charge in [0.1, 0.15) is 0 Å². The number of carbonyl (C=O) groups is 1. The van der Waals surface area contributed by atoms with Gasteiger partial charge in [-0.25, -0.2) is 4.79 Å². The highest BCUT2D eigenvalue weighted by Gasteiger charge is 2.61. The van der Waals surface area contributed by atoms with Crippen LogP contribution < -0.4 is 0 Å². The second-order valence-corrected chi connectivity index (χ2v) is 2.48. The Morgan fingerprint density at radius 3 is 1.82 bits per heavy atom. The van der Waals surface area contributed by atoms with E-state index in [1.165, 1.54) is 0 Å². The maximum atomic E-state index is 12.0. The first-order chi connectivity index (χ1) is 4.75. The molecule has 1 N–H and O–H groups in total. The molecule has 0 fully saturated rings. The van der Waals surface area contributed by atoms with Crippen molar-refractivity contribution in [3.8, 4) is 0 Å². The molecular weight excluding hydrogens is 283 g/mol. The quantitative estimate of drug-likeness (QED) is 0.488. The summed E-state index contributed by atoms with van der Waals surface area (Å²) in [5.74, 6) is -12.3. The zero-order valence-corrected chi connectivity index (χ0v) is 7.11. The number of aliphatic carboxylic acids is 1. The summed E-state index contributed by atoms with van der Waals surface area (Å²) in [7, 11) is 0. The molecule has 0 unspecified atom stereocenters. The van der Waals surface area contributed by atoms with Crippen molar-refractivity contribution < 1.29 is 27.5 Å². The van der Waals surface area contributed by atoms with Crippen molar-refractivity contribution in [2.45, 2.75) is 11.8 Å². The molecule has 0 aromatic heterocycles. The zero-order chi connectivity index (χ0) is 9.28. The van der Waals surface area contributed by atoms with E-state index in [4.69, 9.17) is 5.11 Å². The molecule has 66 valence electrons. The molecule has 0 aromatic rings. The molecule has 0 saturated heterocycles. The molecule has 0 aliphatic rings. The fourth-order valence-electron chi connectivity index (χ4n) is 0.240. The van der Waals surface area contributed by atoms with Crippen molar-refractivity contribution in [3.63, 3.8) is 0 Å². The van der Waals surface area contributed by atoms with Crippen LogP contribution in [0, 0.1) is 0 Å². The van der Waals surface area contributed by atoms with E-state index in [0.29, 0.717) is 0 Å². The van der Waals surface area contributed by atoms with Crippen LogP contribution in [0.15, 0.2) is 0 Å². The molecule has 0 atom stereocenters. The smallest absolute Gasteiger partial charge is 0.405 e. The average molecular weight is 286 g/mol. The monoisotopic (exact) mass is 286 g/mol. The Morgan fingerprint density at radius 1 is 1.36 bits per heavy atom. The van der Waals surface area contributed by atoms with Gasteiger partial charge < -0.3 is 5.11 Å². The lowest BCUT2D eigenvalue weighted by atomic mass is 10.2. The lowest BCUT2D eigenvalue weighted by Gasteiger charge is -2.20. The maximum Gasteiger partial charge on any atom is 0.405 e. The van der Waals surface area contributed by atoms with Gasteiger partial charge in [0.2, 0.25) is 0 Å². The van der Waals surface area contributed by atoms with Crippen LogP contribution in [0.3, 0.4) is 0 Å². The minimum atomic E-state index is -4.98. The molecule has 11 heavy (non-hydrogen) atoms. The molecule has 0 aliphatic heterocycles. The topological polar surface area (TPSA) is 37.3 Å². The van der Waals surface area contributed by atoms with Crippen LogP contribution in [-0.2, 0) is 4.79 Å². The van der Waals surface area contributed by atoms with E-state index in [9.17, 15) is 22.4 Å². The van der Waals surface area contributed by atoms with E-state index in [-0.39, 0.29) is 0 Å². The highest BCUT2D eigenvalue weighted by atomic mass is 127. The van der Waals surface area contributed by atoms with Crippen molar-refractivity contribution in [3.05, 3.63) is 0 Å². The van der Waals surface area contributed by atoms with E-state index < -0.39 is 22.2 Å². The summed E-state index contributed by atoms with van der Waals surface area (Å²) < 4.78 is 46.8. The Bertz CT molecular complexity index is 169. The van der Waals surface area contributed by atoms with Gasteiger partial charge in [0.15, 0.2) is 0 Å². The zero-order valence-electron chi connectivity index (χ0n) is 4.95. The van der Waals surface area contributed by atoms with Gasteiger partial charge in [-0.3, -0.25) is 0 Å². The van der Waals surface area contributed by atoms with E-state index in [0.717, 1.165) is 22.6 Å². The van der Waals surface area contributed by atoms with Gasteiger partial charge in [-0.2, -0.15) is 17.6 Å². The predicted molar refractivity (Wildman–Crippen MR) is 36.4 cm³/mol. The van der Waals surface area contributed by atoms with Gasteiger partial charge >= 0.3 is 17.8 Å². The molecule has 0 aliphatic carbocycles. The number of hydrogen-bond acceptors (Lipinski definition) is 1. The third-order valence-corrected chi connectivity index (χ3v) is 1.85. The van der Waals surface area contributed by atoms with Crippen molar-refractivity contribution in [2.75, 3.05) is 4.43 Å². The van der Waals surface area contributed by atoms with Crippen molar-refractivity contribution in [1.82, 2.24) is 0 Å². The molecule has 0 heterocycles. The summed E-state index contributed by atoms with van der Waals surface area (Å²) in [5, 5.41) is 7.67. The summed E-state index contributed by atoms with van der Waals surface area (Å²) in [6.07, 6.45) is 0. The molecule has 0 spiro atoms. The third-order valence-electron chi connectivity index (χ3n) is 0.896. The summed E-state index contributed by atoms with van der Waals surface area (Å²) >= 11 is 0.995. The Hall–Kier alpha value is -0.0800. The fourth-order valence-corrected chi connectivity index (χ4v) is 0.719. The first-order valence-electron chi connectivity index (χ1n) is 2.30. The van der Waals surface area contributed by atoms with Crippen LogP contribution in [0.2, 0.25) is 0 Å². The Balaban J connectivity index is 4.67. The van der Waals surface area contributed by atoms with Gasteiger partial charge in [0, 0.05) is 0 Å². The number of carboxylic acids is 1. The molecular formula is C4H3F4IO2. The fraction of sp³-hybridized carbons (Fsp3) is 0.750. The third kappa shape index (κ3) is 1.94. The standard InChI is InChI=1S/C4H3F4IO2/c5-3(6,1-9)4(7,8)2(10)11/h1H2,(H,10,11). The molecule has 0 rings (SSSR count). The SMILES string of the molecule is O=C(O)C(F)(F)C(F)(F)CI. The van der Waals surface area contributed by atoms with Crippen LogP contribution in [0.25, 0.3) is 0 Å². The van der Waals surface area contributed by atoms with Crippen molar-refractivity contribution in [2.24, 2.45) is 0 Å². The van der Waals surface area contributed by atoms with Crippen LogP contribution >= 0.6 is 22.6 Å². The summed E-state index contributed by atoms with van der Waals surface area (Å²) in [6.45, 7) is 0. The summed E-state index contributed by atoms with van der Waals surface area (Å²) in [4.78, 5) is 9.59. The minimum absolute atomic E-state index is 0.995. The lowest BCUT2D eigenvalue weighted by Crippen LogP contribution is -2.48. The van der Waals surface area contributed by atoms with Crippen LogP contribution in [0.1, 0.15) is 0 Å². The molecule has 0 saturated carbocycles. The van der Waals surface area contributed by atoms with Crippen molar-refractivity contribution in [1.29, 1.82) is 0 Å². The molecule has 0 aromatic carbocycles. The lowest BCUT2D eigenvalue weighted by molar-refractivity contribution is -0.214. The Morgan fingerprint density at radius 2 is 1.73 bits per heavy atom. The van der Waals surface area contributed by atoms with E-state index >= 15 is 0 Å². The molecule has 0 bridgehead atoms. The number of carboxylic acid groups (broad SMARTS) is 1. The van der Waals surface area contributed by atoms with Gasteiger partial charge in [0.05, 0.1) is 4.43 Å². The highest BCUT2D eigenvalue weighted by Crippen LogP contribution is 2.35. The highest BCUT2D eigenvalue weighted by molar-refractivity contribution is 14.1. The second kappa shape index (κ2) is 3.11. The van der Waals surface area contributed by atoms with E-state index in [1.54, 1.807) is 0 Å². The van der Waals surface area contributed by atoms with Gasteiger partial charge in [-0.1, -0.05) is 22.6 Å². The molecule has 2 nitrogen and oxygen atoms in total. The van der Waals surface area contributed by atoms with E-state index in [1.807, 2.05) is 0 Å². The van der Waals surface area contributed by atoms with Crippen LogP contribution in [-0.4, -0.2) is 27.3 Å². The van der Waals surface area contributed by atoms with Gasteiger partial charge in [0.25, 0.3) is 0 Å². The predicted octanol–water partition coefficient (Wildman–Crippen LogP) is 1.78. The number of hydrogen-bond donors (Lipinski definition) is 1. The summed E-state index contributed by atoms with van der Waals surface area (Å²) in [5.41, 5.74) is 0. The summed E-state index contributed by atoms with van der Waals surface area (Å²) in [6, 6.07) is 0. The molecule has 0 radical (unpaired) electrons. The Kier molecular flexibility index (Phi) is 3.09. The number of rotatable bonds is 3. The van der Waals surface area contributed by atoms with Crippen LogP contribution in [0.4, 0.5) is 17.6 Å². The first-order valence-corrected chi connectivity index (χ1v) is 3.83. The second-order valence-electron chi connectivity index (χ2n) is 1.72. The number of halogens is 5. The van der Waals surface area contributed by atoms with E-state index in [2.05, 4.69) is 0 Å². The van der Waals surface area contributed by atoms with Gasteiger partial charge in [-0.15, -0.1) is 0 Å². The first kappa shape index (κ1) is 10.9. The largest absolute Gasteiger partial charge is 0.477 e. The average Bonchev–Trinajstić information content (AvgIpc) is 1.87. The minimum Gasteiger partial charge on any atom is -0.477 e.